The molecule has 0 bridgehead atoms. The highest BCUT2D eigenvalue weighted by atomic mass is 35.5. The average Bonchev–Trinajstić information content (AvgIpc) is 3.44. The number of benzene rings is 2. The van der Waals surface area contributed by atoms with Crippen LogP contribution in [0.2, 0.25) is 5.02 Å². The summed E-state index contributed by atoms with van der Waals surface area (Å²) in [6.45, 7) is 0.245. The normalized spacial score (nSPS) is 11.1. The molecule has 0 aliphatic carbocycles. The molecular weight excluding hydrogens is 478 g/mol. The second-order valence-electron chi connectivity index (χ2n) is 7.10. The number of fused-ring (bicyclic) bond motifs is 2. The van der Waals surface area contributed by atoms with Gasteiger partial charge in [0.25, 0.3) is 5.91 Å². The van der Waals surface area contributed by atoms with Crippen molar-refractivity contribution in [2.45, 2.75) is 6.54 Å². The summed E-state index contributed by atoms with van der Waals surface area (Å²) in [6, 6.07) is 17.0. The largest absolute Gasteiger partial charge is 0.495 e. The minimum Gasteiger partial charge on any atom is -0.495 e. The summed E-state index contributed by atoms with van der Waals surface area (Å²) >= 11 is 9.39. The molecule has 0 saturated carbocycles. The second kappa shape index (κ2) is 8.97. The second-order valence-corrected chi connectivity index (χ2v) is 9.51. The molecule has 1 amide bonds. The van der Waals surface area contributed by atoms with Crippen molar-refractivity contribution < 1.29 is 14.3 Å². The lowest BCUT2D eigenvalue weighted by atomic mass is 10.2. The Balaban J connectivity index is 1.66. The molecule has 0 saturated heterocycles. The fraction of sp³-hybridized carbons (Fsp3) is 0.125. The zero-order valence-corrected chi connectivity index (χ0v) is 20.1. The summed E-state index contributed by atoms with van der Waals surface area (Å²) in [5.41, 5.74) is 1.37. The van der Waals surface area contributed by atoms with Gasteiger partial charge in [0.2, 0.25) is 0 Å². The molecule has 9 heteroatoms. The summed E-state index contributed by atoms with van der Waals surface area (Å²) in [5, 5.41) is 1.82. The molecule has 2 aromatic carbocycles. The van der Waals surface area contributed by atoms with Gasteiger partial charge in [0.15, 0.2) is 5.13 Å². The number of aromatic nitrogens is 2. The molecule has 0 radical (unpaired) electrons. The van der Waals surface area contributed by atoms with E-state index in [1.807, 2.05) is 48.5 Å². The number of rotatable bonds is 6. The Hall–Kier alpha value is -3.20. The molecular formula is C24H18ClN3O3S2. The number of thiophene rings is 1. The first kappa shape index (κ1) is 21.6. The van der Waals surface area contributed by atoms with Gasteiger partial charge in [-0.3, -0.25) is 14.7 Å². The molecule has 3 heterocycles. The third-order valence-corrected chi connectivity index (χ3v) is 7.91. The zero-order valence-electron chi connectivity index (χ0n) is 17.7. The number of halogens is 1. The molecule has 0 atom stereocenters. The van der Waals surface area contributed by atoms with Crippen LogP contribution < -0.4 is 14.4 Å². The van der Waals surface area contributed by atoms with E-state index in [1.54, 1.807) is 31.4 Å². The fourth-order valence-electron chi connectivity index (χ4n) is 3.54. The number of carbonyl (C=O) groups is 1. The number of nitrogens with zero attached hydrogens (tertiary/aromatic N) is 3. The minimum absolute atomic E-state index is 0.233. The quantitative estimate of drug-likeness (QED) is 0.272. The number of hydrogen-bond donors (Lipinski definition) is 0. The first-order chi connectivity index (χ1) is 16.1. The van der Waals surface area contributed by atoms with Crippen LogP contribution in [0.3, 0.4) is 0 Å². The number of anilines is 1. The van der Waals surface area contributed by atoms with E-state index < -0.39 is 0 Å². The van der Waals surface area contributed by atoms with Crippen molar-refractivity contribution >= 4 is 65.6 Å². The molecule has 0 N–H and O–H groups in total. The van der Waals surface area contributed by atoms with Crippen LogP contribution in [-0.2, 0) is 6.54 Å². The summed E-state index contributed by atoms with van der Waals surface area (Å²) in [4.78, 5) is 25.1. The van der Waals surface area contributed by atoms with Crippen molar-refractivity contribution in [1.82, 2.24) is 9.97 Å². The lowest BCUT2D eigenvalue weighted by Crippen LogP contribution is -2.30. The van der Waals surface area contributed by atoms with Crippen molar-refractivity contribution in [1.29, 1.82) is 0 Å². The van der Waals surface area contributed by atoms with Crippen molar-refractivity contribution in [3.05, 3.63) is 76.4 Å². The maximum atomic E-state index is 13.9. The Labute approximate surface area is 203 Å². The van der Waals surface area contributed by atoms with Crippen LogP contribution in [0.1, 0.15) is 15.4 Å². The van der Waals surface area contributed by atoms with Gasteiger partial charge < -0.3 is 9.47 Å². The van der Waals surface area contributed by atoms with Gasteiger partial charge in [0, 0.05) is 16.3 Å². The van der Waals surface area contributed by atoms with Gasteiger partial charge in [-0.05, 0) is 30.3 Å². The van der Waals surface area contributed by atoms with E-state index in [2.05, 4.69) is 4.98 Å². The first-order valence-electron chi connectivity index (χ1n) is 10.0. The standard InChI is InChI=1S/C24H18ClN3O3S2/c1-30-16-10-11-17(31-2)21-20(16)27-24(33-21)28(13-14-7-5-6-12-26-14)23(29)22-19(25)15-8-3-4-9-18(15)32-22/h3-12H,13H2,1-2H3. The van der Waals surface area contributed by atoms with E-state index in [0.29, 0.717) is 32.0 Å². The number of ether oxygens (including phenoxy) is 2. The lowest BCUT2D eigenvalue weighted by molar-refractivity contribution is 0.0989. The molecule has 166 valence electrons. The van der Waals surface area contributed by atoms with Crippen molar-refractivity contribution in [2.24, 2.45) is 0 Å². The van der Waals surface area contributed by atoms with Gasteiger partial charge in [-0.15, -0.1) is 11.3 Å². The molecule has 0 fully saturated rings. The highest BCUT2D eigenvalue weighted by Gasteiger charge is 2.28. The van der Waals surface area contributed by atoms with Crippen molar-refractivity contribution in [3.63, 3.8) is 0 Å². The van der Waals surface area contributed by atoms with E-state index in [-0.39, 0.29) is 12.5 Å². The van der Waals surface area contributed by atoms with Gasteiger partial charge >= 0.3 is 0 Å². The Kier molecular flexibility index (Phi) is 5.88. The van der Waals surface area contributed by atoms with Gasteiger partial charge in [-0.2, -0.15) is 0 Å². The topological polar surface area (TPSA) is 64.6 Å². The lowest BCUT2D eigenvalue weighted by Gasteiger charge is -2.19. The molecule has 0 aliphatic rings. The van der Waals surface area contributed by atoms with E-state index in [1.165, 1.54) is 22.7 Å². The highest BCUT2D eigenvalue weighted by Crippen LogP contribution is 2.42. The molecule has 0 aliphatic heterocycles. The first-order valence-corrected chi connectivity index (χ1v) is 12.0. The van der Waals surface area contributed by atoms with Gasteiger partial charge in [-0.1, -0.05) is 47.2 Å². The van der Waals surface area contributed by atoms with Crippen LogP contribution in [0.5, 0.6) is 11.5 Å². The number of hydrogen-bond acceptors (Lipinski definition) is 7. The molecule has 33 heavy (non-hydrogen) atoms. The zero-order chi connectivity index (χ0) is 22.9. The summed E-state index contributed by atoms with van der Waals surface area (Å²) in [6.07, 6.45) is 1.70. The Morgan fingerprint density at radius 1 is 1.00 bits per heavy atom. The summed E-state index contributed by atoms with van der Waals surface area (Å²) < 4.78 is 12.8. The number of carbonyl (C=O) groups excluding carboxylic acids is 1. The number of pyridine rings is 1. The highest BCUT2D eigenvalue weighted by molar-refractivity contribution is 7.23. The van der Waals surface area contributed by atoms with Crippen LogP contribution in [-0.4, -0.2) is 30.1 Å². The number of methoxy groups -OCH3 is 2. The Morgan fingerprint density at radius 2 is 1.76 bits per heavy atom. The predicted octanol–water partition coefficient (Wildman–Crippen LogP) is 6.42. The molecule has 6 nitrogen and oxygen atoms in total. The smallest absolute Gasteiger partial charge is 0.272 e. The van der Waals surface area contributed by atoms with Crippen molar-refractivity contribution in [2.75, 3.05) is 19.1 Å². The Bertz CT molecular complexity index is 1430. The van der Waals surface area contributed by atoms with Crippen LogP contribution in [0.4, 0.5) is 5.13 Å². The molecule has 3 aromatic heterocycles. The number of amides is 1. The van der Waals surface area contributed by atoms with Crippen LogP contribution in [0.15, 0.2) is 60.8 Å². The SMILES string of the molecule is COc1ccc(OC)c2sc(N(Cc3ccccn3)C(=O)c3sc4ccccc4c3Cl)nc12. The third kappa shape index (κ3) is 3.90. The summed E-state index contributed by atoms with van der Waals surface area (Å²) in [7, 11) is 3.20. The third-order valence-electron chi connectivity index (χ3n) is 5.15. The maximum absolute atomic E-state index is 13.9. The Morgan fingerprint density at radius 3 is 2.48 bits per heavy atom. The molecule has 5 aromatic rings. The minimum atomic E-state index is -0.233. The van der Waals surface area contributed by atoms with Gasteiger partial charge in [0.1, 0.15) is 26.6 Å². The van der Waals surface area contributed by atoms with E-state index in [4.69, 9.17) is 26.1 Å². The van der Waals surface area contributed by atoms with Crippen LogP contribution in [0.25, 0.3) is 20.3 Å². The van der Waals surface area contributed by atoms with Gasteiger partial charge in [0.05, 0.1) is 31.5 Å². The fourth-order valence-corrected chi connectivity index (χ4v) is 6.08. The molecule has 5 rings (SSSR count). The monoisotopic (exact) mass is 495 g/mol. The van der Waals surface area contributed by atoms with E-state index in [0.717, 1.165) is 20.5 Å². The predicted molar refractivity (Wildman–Crippen MR) is 134 cm³/mol. The van der Waals surface area contributed by atoms with Gasteiger partial charge in [-0.25, -0.2) is 4.98 Å². The number of thiazole rings is 1. The van der Waals surface area contributed by atoms with Crippen molar-refractivity contribution in [3.8, 4) is 11.5 Å². The maximum Gasteiger partial charge on any atom is 0.272 e. The van der Waals surface area contributed by atoms with Crippen LogP contribution >= 0.6 is 34.3 Å². The van der Waals surface area contributed by atoms with Crippen LogP contribution in [0, 0.1) is 0 Å². The summed E-state index contributed by atoms with van der Waals surface area (Å²) in [5.74, 6) is 1.04. The molecule has 0 unspecified atom stereocenters. The average molecular weight is 496 g/mol. The van der Waals surface area contributed by atoms with E-state index in [9.17, 15) is 4.79 Å². The molecule has 0 spiro atoms. The van der Waals surface area contributed by atoms with E-state index >= 15 is 0 Å².